The molecule has 1 N–H and O–H groups in total. The van der Waals surface area contributed by atoms with E-state index in [4.69, 9.17) is 4.74 Å². The number of amides is 1. The summed E-state index contributed by atoms with van der Waals surface area (Å²) in [6.07, 6.45) is -0.727. The summed E-state index contributed by atoms with van der Waals surface area (Å²) >= 11 is 0. The average Bonchev–Trinajstić information content (AvgIpc) is 2.41. The van der Waals surface area contributed by atoms with E-state index in [1.807, 2.05) is 0 Å². The Morgan fingerprint density at radius 1 is 1.11 bits per heavy atom. The average molecular weight is 263 g/mol. The molecule has 0 saturated carbocycles. The maximum atomic E-state index is 13.3. The molecule has 1 amide bonds. The predicted molar refractivity (Wildman–Crippen MR) is 65.7 cm³/mol. The Bertz CT molecular complexity index is 573. The van der Waals surface area contributed by atoms with Crippen LogP contribution >= 0.6 is 0 Å². The van der Waals surface area contributed by atoms with Crippen molar-refractivity contribution in [2.75, 3.05) is 0 Å². The number of para-hydroxylation sites is 1. The minimum absolute atomic E-state index is 0.0602. The fourth-order valence-corrected chi connectivity index (χ4v) is 1.48. The molecule has 2 aromatic carbocycles. The highest BCUT2D eigenvalue weighted by atomic mass is 19.1. The first-order valence-electron chi connectivity index (χ1n) is 5.60. The SMILES string of the molecule is O=C(NCc1cc(F)ccc1F)Oc1ccccc1. The summed E-state index contributed by atoms with van der Waals surface area (Å²) in [5.74, 6) is -0.768. The van der Waals surface area contributed by atoms with Gasteiger partial charge in [0.15, 0.2) is 0 Å². The van der Waals surface area contributed by atoms with E-state index < -0.39 is 17.7 Å². The van der Waals surface area contributed by atoms with E-state index in [2.05, 4.69) is 5.32 Å². The van der Waals surface area contributed by atoms with Crippen molar-refractivity contribution in [2.24, 2.45) is 0 Å². The molecule has 0 heterocycles. The lowest BCUT2D eigenvalue weighted by molar-refractivity contribution is 0.200. The fraction of sp³-hybridized carbons (Fsp3) is 0.0714. The maximum Gasteiger partial charge on any atom is 0.412 e. The highest BCUT2D eigenvalue weighted by molar-refractivity contribution is 5.70. The lowest BCUT2D eigenvalue weighted by atomic mass is 10.2. The third-order valence-corrected chi connectivity index (χ3v) is 2.38. The summed E-state index contributed by atoms with van der Waals surface area (Å²) in [6.45, 7) is -0.144. The van der Waals surface area contributed by atoms with Gasteiger partial charge in [-0.25, -0.2) is 13.6 Å². The highest BCUT2D eigenvalue weighted by Crippen LogP contribution is 2.10. The number of benzene rings is 2. The van der Waals surface area contributed by atoms with Crippen LogP contribution in [0.1, 0.15) is 5.56 Å². The molecule has 2 aromatic rings. The predicted octanol–water partition coefficient (Wildman–Crippen LogP) is 3.25. The standard InChI is InChI=1S/C14H11F2NO2/c15-11-6-7-13(16)10(8-11)9-17-14(18)19-12-4-2-1-3-5-12/h1-8H,9H2,(H,17,18). The number of halogens is 2. The van der Waals surface area contributed by atoms with Gasteiger partial charge in [-0.15, -0.1) is 0 Å². The van der Waals surface area contributed by atoms with Crippen LogP contribution in [0.25, 0.3) is 0 Å². The molecule has 19 heavy (non-hydrogen) atoms. The molecule has 0 aliphatic carbocycles. The van der Waals surface area contributed by atoms with Crippen LogP contribution in [0.4, 0.5) is 13.6 Å². The van der Waals surface area contributed by atoms with Gasteiger partial charge in [0, 0.05) is 12.1 Å². The Labute approximate surface area is 108 Å². The summed E-state index contributed by atoms with van der Waals surface area (Å²) in [4.78, 5) is 11.4. The zero-order valence-electron chi connectivity index (χ0n) is 9.90. The van der Waals surface area contributed by atoms with Gasteiger partial charge in [-0.05, 0) is 30.3 Å². The molecule has 0 aliphatic rings. The Morgan fingerprint density at radius 3 is 2.58 bits per heavy atom. The van der Waals surface area contributed by atoms with Gasteiger partial charge < -0.3 is 10.1 Å². The van der Waals surface area contributed by atoms with Gasteiger partial charge in [0.2, 0.25) is 0 Å². The third kappa shape index (κ3) is 3.77. The van der Waals surface area contributed by atoms with Gasteiger partial charge >= 0.3 is 6.09 Å². The molecule has 0 bridgehead atoms. The largest absolute Gasteiger partial charge is 0.412 e. The molecule has 0 saturated heterocycles. The maximum absolute atomic E-state index is 13.3. The van der Waals surface area contributed by atoms with Gasteiger partial charge in [0.05, 0.1) is 0 Å². The molecule has 3 nitrogen and oxygen atoms in total. The van der Waals surface area contributed by atoms with Gasteiger partial charge in [0.1, 0.15) is 17.4 Å². The first kappa shape index (κ1) is 13.0. The molecule has 5 heteroatoms. The summed E-state index contributed by atoms with van der Waals surface area (Å²) in [6, 6.07) is 11.5. The normalized spacial score (nSPS) is 10.0. The molecule has 0 radical (unpaired) electrons. The van der Waals surface area contributed by atoms with Crippen molar-refractivity contribution < 1.29 is 18.3 Å². The number of carbonyl (C=O) groups excluding carboxylic acids is 1. The van der Waals surface area contributed by atoms with Crippen LogP contribution in [0, 0.1) is 11.6 Å². The molecule has 2 rings (SSSR count). The Kier molecular flexibility index (Phi) is 4.07. The topological polar surface area (TPSA) is 38.3 Å². The first-order chi connectivity index (χ1) is 9.15. The van der Waals surface area contributed by atoms with Crippen LogP contribution in [-0.4, -0.2) is 6.09 Å². The molecular formula is C14H11F2NO2. The molecule has 0 spiro atoms. The van der Waals surface area contributed by atoms with Crippen LogP contribution in [0.2, 0.25) is 0 Å². The zero-order chi connectivity index (χ0) is 13.7. The number of carbonyl (C=O) groups is 1. The van der Waals surface area contributed by atoms with Crippen molar-refractivity contribution in [3.05, 3.63) is 65.7 Å². The van der Waals surface area contributed by atoms with Gasteiger partial charge in [-0.1, -0.05) is 18.2 Å². The third-order valence-electron chi connectivity index (χ3n) is 2.38. The summed E-state index contributed by atoms with van der Waals surface area (Å²) in [5, 5.41) is 2.35. The molecule has 0 unspecified atom stereocenters. The quantitative estimate of drug-likeness (QED) is 0.923. The lowest BCUT2D eigenvalue weighted by Gasteiger charge is -2.07. The van der Waals surface area contributed by atoms with Crippen LogP contribution in [-0.2, 0) is 6.54 Å². The second-order valence-corrected chi connectivity index (χ2v) is 3.79. The van der Waals surface area contributed by atoms with Crippen molar-refractivity contribution in [3.8, 4) is 5.75 Å². The van der Waals surface area contributed by atoms with Crippen molar-refractivity contribution in [1.29, 1.82) is 0 Å². The molecule has 0 aliphatic heterocycles. The minimum Gasteiger partial charge on any atom is -0.410 e. The van der Waals surface area contributed by atoms with Crippen LogP contribution in [0.3, 0.4) is 0 Å². The van der Waals surface area contributed by atoms with Crippen molar-refractivity contribution >= 4 is 6.09 Å². The molecule has 98 valence electrons. The van der Waals surface area contributed by atoms with E-state index in [0.717, 1.165) is 18.2 Å². The number of nitrogens with one attached hydrogen (secondary N) is 1. The second kappa shape index (κ2) is 5.95. The first-order valence-corrected chi connectivity index (χ1v) is 5.60. The van der Waals surface area contributed by atoms with Crippen molar-refractivity contribution in [1.82, 2.24) is 5.32 Å². The van der Waals surface area contributed by atoms with E-state index in [0.29, 0.717) is 5.75 Å². The Balaban J connectivity index is 1.92. The lowest BCUT2D eigenvalue weighted by Crippen LogP contribution is -2.26. The second-order valence-electron chi connectivity index (χ2n) is 3.79. The van der Waals surface area contributed by atoms with Gasteiger partial charge in [-0.2, -0.15) is 0 Å². The summed E-state index contributed by atoms with van der Waals surface area (Å²) in [5.41, 5.74) is 0.0602. The Morgan fingerprint density at radius 2 is 1.84 bits per heavy atom. The number of ether oxygens (including phenoxy) is 1. The fourth-order valence-electron chi connectivity index (χ4n) is 1.48. The van der Waals surface area contributed by atoms with Crippen molar-refractivity contribution in [3.63, 3.8) is 0 Å². The summed E-state index contributed by atoms with van der Waals surface area (Å²) in [7, 11) is 0. The smallest absolute Gasteiger partial charge is 0.410 e. The van der Waals surface area contributed by atoms with E-state index in [1.165, 1.54) is 0 Å². The van der Waals surface area contributed by atoms with Crippen LogP contribution in [0.15, 0.2) is 48.5 Å². The van der Waals surface area contributed by atoms with E-state index in [-0.39, 0.29) is 12.1 Å². The molecule has 0 aromatic heterocycles. The molecule has 0 atom stereocenters. The summed E-state index contributed by atoms with van der Waals surface area (Å²) < 4.78 is 31.1. The van der Waals surface area contributed by atoms with Gasteiger partial charge in [-0.3, -0.25) is 0 Å². The minimum atomic E-state index is -0.727. The molecular weight excluding hydrogens is 252 g/mol. The number of hydrogen-bond donors (Lipinski definition) is 1. The zero-order valence-corrected chi connectivity index (χ0v) is 9.90. The Hall–Kier alpha value is -2.43. The van der Waals surface area contributed by atoms with E-state index in [1.54, 1.807) is 30.3 Å². The monoisotopic (exact) mass is 263 g/mol. The number of hydrogen-bond acceptors (Lipinski definition) is 2. The van der Waals surface area contributed by atoms with Crippen LogP contribution < -0.4 is 10.1 Å². The van der Waals surface area contributed by atoms with E-state index in [9.17, 15) is 13.6 Å². The highest BCUT2D eigenvalue weighted by Gasteiger charge is 2.07. The van der Waals surface area contributed by atoms with Crippen molar-refractivity contribution in [2.45, 2.75) is 6.54 Å². The number of rotatable bonds is 3. The van der Waals surface area contributed by atoms with Gasteiger partial charge in [0.25, 0.3) is 0 Å². The molecule has 0 fully saturated rings. The van der Waals surface area contributed by atoms with E-state index >= 15 is 0 Å². The van der Waals surface area contributed by atoms with Crippen LogP contribution in [0.5, 0.6) is 5.75 Å².